The van der Waals surface area contributed by atoms with Crippen LogP contribution in [0.1, 0.15) is 74.1 Å². The normalized spacial score (nSPS) is 18.3. The van der Waals surface area contributed by atoms with E-state index in [1.807, 2.05) is 0 Å². The monoisotopic (exact) mass is 250 g/mol. The first kappa shape index (κ1) is 17.5. The minimum Gasteiger partial charge on any atom is -0.103 e. The summed E-state index contributed by atoms with van der Waals surface area (Å²) in [5.41, 5.74) is 2.29. The molecule has 2 unspecified atom stereocenters. The highest BCUT2D eigenvalue weighted by molar-refractivity contribution is 5.09. The van der Waals surface area contributed by atoms with E-state index in [9.17, 15) is 0 Å². The highest BCUT2D eigenvalue weighted by Gasteiger charge is 2.26. The third kappa shape index (κ3) is 4.63. The molecule has 0 aliphatic heterocycles. The van der Waals surface area contributed by atoms with Crippen molar-refractivity contribution in [2.24, 2.45) is 16.7 Å². The van der Waals surface area contributed by atoms with Gasteiger partial charge in [0, 0.05) is 0 Å². The van der Waals surface area contributed by atoms with Crippen LogP contribution in [0.3, 0.4) is 0 Å². The molecule has 0 saturated carbocycles. The van der Waals surface area contributed by atoms with E-state index in [0.29, 0.717) is 16.7 Å². The zero-order valence-electron chi connectivity index (χ0n) is 13.8. The fourth-order valence-corrected chi connectivity index (χ4v) is 2.18. The van der Waals surface area contributed by atoms with Gasteiger partial charge in [0.2, 0.25) is 0 Å². The van der Waals surface area contributed by atoms with Gasteiger partial charge in [-0.2, -0.15) is 0 Å². The van der Waals surface area contributed by atoms with E-state index in [1.165, 1.54) is 31.3 Å². The molecule has 0 aliphatic carbocycles. The largest absolute Gasteiger partial charge is 0.103 e. The van der Waals surface area contributed by atoms with Crippen molar-refractivity contribution in [3.8, 4) is 0 Å². The summed E-state index contributed by atoms with van der Waals surface area (Å²) in [6.07, 6.45) is 9.45. The van der Waals surface area contributed by atoms with Gasteiger partial charge in [0.05, 0.1) is 0 Å². The van der Waals surface area contributed by atoms with Crippen molar-refractivity contribution >= 4 is 0 Å². The predicted octanol–water partition coefficient (Wildman–Crippen LogP) is 6.39. The van der Waals surface area contributed by atoms with Crippen LogP contribution in [-0.4, -0.2) is 0 Å². The molecule has 106 valence electrons. The highest BCUT2D eigenvalue weighted by atomic mass is 14.3. The molecular weight excluding hydrogens is 216 g/mol. The molecule has 0 amide bonds. The summed E-state index contributed by atoms with van der Waals surface area (Å²) in [5, 5.41) is 0. The minimum atomic E-state index is 0.354. The van der Waals surface area contributed by atoms with Gasteiger partial charge in [-0.25, -0.2) is 0 Å². The Morgan fingerprint density at radius 1 is 1.17 bits per heavy atom. The van der Waals surface area contributed by atoms with Gasteiger partial charge in [0.1, 0.15) is 0 Å². The predicted molar refractivity (Wildman–Crippen MR) is 84.8 cm³/mol. The first-order chi connectivity index (χ1) is 8.23. The second-order valence-corrected chi connectivity index (χ2v) is 6.70. The number of hydrogen-bond acceptors (Lipinski definition) is 0. The molecule has 0 rings (SSSR count). The quantitative estimate of drug-likeness (QED) is 0.438. The van der Waals surface area contributed by atoms with Crippen molar-refractivity contribution in [1.82, 2.24) is 0 Å². The second kappa shape index (κ2) is 7.16. The van der Waals surface area contributed by atoms with Gasteiger partial charge in [-0.15, -0.1) is 6.58 Å². The lowest BCUT2D eigenvalue weighted by Gasteiger charge is -2.33. The van der Waals surface area contributed by atoms with Crippen LogP contribution in [0.2, 0.25) is 0 Å². The van der Waals surface area contributed by atoms with E-state index in [4.69, 9.17) is 0 Å². The second-order valence-electron chi connectivity index (χ2n) is 6.70. The van der Waals surface area contributed by atoms with Gasteiger partial charge in [0.15, 0.2) is 0 Å². The molecule has 0 saturated heterocycles. The molecule has 2 atom stereocenters. The van der Waals surface area contributed by atoms with Crippen LogP contribution in [0.4, 0.5) is 0 Å². The van der Waals surface area contributed by atoms with Crippen molar-refractivity contribution in [3.05, 3.63) is 24.3 Å². The van der Waals surface area contributed by atoms with Crippen molar-refractivity contribution in [2.45, 2.75) is 74.1 Å². The van der Waals surface area contributed by atoms with Gasteiger partial charge < -0.3 is 0 Å². The average Bonchev–Trinajstić information content (AvgIpc) is 2.36. The lowest BCUT2D eigenvalue weighted by atomic mass is 9.72. The van der Waals surface area contributed by atoms with Crippen LogP contribution in [0.25, 0.3) is 0 Å². The third-order valence-corrected chi connectivity index (χ3v) is 5.38. The molecule has 0 aromatic carbocycles. The maximum absolute atomic E-state index is 3.95. The van der Waals surface area contributed by atoms with E-state index in [0.717, 1.165) is 0 Å². The van der Waals surface area contributed by atoms with Crippen molar-refractivity contribution in [1.29, 1.82) is 0 Å². The van der Waals surface area contributed by atoms with Crippen molar-refractivity contribution in [2.75, 3.05) is 0 Å². The summed E-state index contributed by atoms with van der Waals surface area (Å²) in [5.74, 6) is 0.593. The molecule has 0 heteroatoms. The zero-order chi connectivity index (χ0) is 14.4. The zero-order valence-corrected chi connectivity index (χ0v) is 13.8. The molecule has 0 fully saturated rings. The molecule has 0 aromatic heterocycles. The minimum absolute atomic E-state index is 0.354. The summed E-state index contributed by atoms with van der Waals surface area (Å²) >= 11 is 0. The van der Waals surface area contributed by atoms with Gasteiger partial charge in [0.25, 0.3) is 0 Å². The molecule has 18 heavy (non-hydrogen) atoms. The fourth-order valence-electron chi connectivity index (χ4n) is 2.18. The third-order valence-electron chi connectivity index (χ3n) is 5.38. The van der Waals surface area contributed by atoms with Gasteiger partial charge in [-0.05, 0) is 42.9 Å². The smallest absolute Gasteiger partial charge is 0.0150 e. The van der Waals surface area contributed by atoms with Crippen LogP contribution in [-0.2, 0) is 0 Å². The Morgan fingerprint density at radius 2 is 1.72 bits per heavy atom. The highest BCUT2D eigenvalue weighted by Crippen LogP contribution is 2.37. The summed E-state index contributed by atoms with van der Waals surface area (Å²) < 4.78 is 0. The summed E-state index contributed by atoms with van der Waals surface area (Å²) in [6, 6.07) is 0. The maximum atomic E-state index is 3.95. The molecule has 0 aliphatic rings. The number of rotatable bonds is 8. The topological polar surface area (TPSA) is 0 Å². The van der Waals surface area contributed by atoms with Crippen molar-refractivity contribution < 1.29 is 0 Å². The molecule has 0 spiro atoms. The van der Waals surface area contributed by atoms with Crippen LogP contribution >= 0.6 is 0 Å². The molecule has 0 heterocycles. The first-order valence-electron chi connectivity index (χ1n) is 7.53. The van der Waals surface area contributed by atoms with Crippen LogP contribution in [0.5, 0.6) is 0 Å². The Bertz CT molecular complexity index is 282. The molecule has 0 aromatic rings. The lowest BCUT2D eigenvalue weighted by molar-refractivity contribution is 0.214. The first-order valence-corrected chi connectivity index (χ1v) is 7.53. The molecule has 0 radical (unpaired) electrons. The van der Waals surface area contributed by atoms with Crippen LogP contribution in [0.15, 0.2) is 24.3 Å². The van der Waals surface area contributed by atoms with Gasteiger partial charge in [-0.1, -0.05) is 65.7 Å². The molecular formula is C18H34. The Labute approximate surface area is 116 Å². The molecule has 0 nitrogen and oxygen atoms in total. The molecule has 0 bridgehead atoms. The number of allylic oxidation sites excluding steroid dienone is 3. The van der Waals surface area contributed by atoms with E-state index in [2.05, 4.69) is 67.2 Å². The van der Waals surface area contributed by atoms with Gasteiger partial charge >= 0.3 is 0 Å². The van der Waals surface area contributed by atoms with Crippen LogP contribution < -0.4 is 0 Å². The summed E-state index contributed by atoms with van der Waals surface area (Å²) in [4.78, 5) is 0. The summed E-state index contributed by atoms with van der Waals surface area (Å²) in [6.45, 7) is 20.2. The SMILES string of the molecule is C=CC(C)C(C)(CC)CCC=C(C)C(C)(C)CC. The standard InChI is InChI=1S/C18H34/c1-9-15(4)18(8,11-3)14-12-13-16(5)17(6,7)10-2/h9,13,15H,1,10-12,14H2,2-8H3. The number of hydrogen-bond donors (Lipinski definition) is 0. The van der Waals surface area contributed by atoms with Crippen LogP contribution in [0, 0.1) is 16.7 Å². The lowest BCUT2D eigenvalue weighted by Crippen LogP contribution is -2.23. The van der Waals surface area contributed by atoms with E-state index in [-0.39, 0.29) is 0 Å². The summed E-state index contributed by atoms with van der Waals surface area (Å²) in [7, 11) is 0. The van der Waals surface area contributed by atoms with E-state index < -0.39 is 0 Å². The fraction of sp³-hybridized carbons (Fsp3) is 0.778. The Kier molecular flexibility index (Phi) is 6.96. The van der Waals surface area contributed by atoms with Crippen molar-refractivity contribution in [3.63, 3.8) is 0 Å². The Hall–Kier alpha value is -0.520. The maximum Gasteiger partial charge on any atom is -0.0150 e. The van der Waals surface area contributed by atoms with E-state index in [1.54, 1.807) is 0 Å². The Balaban J connectivity index is 4.57. The molecule has 0 N–H and O–H groups in total. The van der Waals surface area contributed by atoms with E-state index >= 15 is 0 Å². The average molecular weight is 250 g/mol. The van der Waals surface area contributed by atoms with Gasteiger partial charge in [-0.3, -0.25) is 0 Å². The Morgan fingerprint density at radius 3 is 2.11 bits per heavy atom.